The maximum Gasteiger partial charge on any atom is 0.227 e. The van der Waals surface area contributed by atoms with E-state index in [4.69, 9.17) is 21.9 Å². The van der Waals surface area contributed by atoms with Gasteiger partial charge in [0, 0.05) is 35.7 Å². The Labute approximate surface area is 138 Å². The molecule has 1 aliphatic rings. The molecule has 0 radical (unpaired) electrons. The SMILES string of the molecule is Nc1cc(C2CCN(C(=O)Cc3c(F)cccc3Cl)CC2)no1. The van der Waals surface area contributed by atoms with Gasteiger partial charge in [0.2, 0.25) is 11.8 Å². The van der Waals surface area contributed by atoms with Gasteiger partial charge in [-0.1, -0.05) is 22.8 Å². The lowest BCUT2D eigenvalue weighted by Gasteiger charge is -2.31. The summed E-state index contributed by atoms with van der Waals surface area (Å²) in [6.07, 6.45) is 1.54. The number of carbonyl (C=O) groups is 1. The van der Waals surface area contributed by atoms with Crippen LogP contribution in [0.5, 0.6) is 0 Å². The summed E-state index contributed by atoms with van der Waals surface area (Å²) in [4.78, 5) is 14.1. The Hall–Kier alpha value is -2.08. The van der Waals surface area contributed by atoms with E-state index in [0.717, 1.165) is 18.5 Å². The Morgan fingerprint density at radius 2 is 2.17 bits per heavy atom. The minimum absolute atomic E-state index is 0.0208. The minimum atomic E-state index is -0.446. The molecule has 0 atom stereocenters. The van der Waals surface area contributed by atoms with E-state index in [9.17, 15) is 9.18 Å². The van der Waals surface area contributed by atoms with Crippen LogP contribution in [-0.4, -0.2) is 29.1 Å². The number of hydrogen-bond donors (Lipinski definition) is 1. The molecule has 1 aliphatic heterocycles. The molecule has 2 heterocycles. The van der Waals surface area contributed by atoms with Crippen LogP contribution in [0.3, 0.4) is 0 Å². The summed E-state index contributed by atoms with van der Waals surface area (Å²) >= 11 is 5.98. The fraction of sp³-hybridized carbons (Fsp3) is 0.375. The molecule has 1 saturated heterocycles. The van der Waals surface area contributed by atoms with E-state index >= 15 is 0 Å². The molecular weight excluding hydrogens is 321 g/mol. The van der Waals surface area contributed by atoms with Gasteiger partial charge in [0.05, 0.1) is 12.1 Å². The molecule has 5 nitrogen and oxygen atoms in total. The van der Waals surface area contributed by atoms with Gasteiger partial charge >= 0.3 is 0 Å². The summed E-state index contributed by atoms with van der Waals surface area (Å²) in [6, 6.07) is 6.16. The number of amides is 1. The van der Waals surface area contributed by atoms with Crippen molar-refractivity contribution in [1.82, 2.24) is 10.1 Å². The summed E-state index contributed by atoms with van der Waals surface area (Å²) < 4.78 is 18.7. The van der Waals surface area contributed by atoms with E-state index in [-0.39, 0.29) is 28.8 Å². The average Bonchev–Trinajstić information content (AvgIpc) is 2.97. The third-order valence-electron chi connectivity index (χ3n) is 4.20. The smallest absolute Gasteiger partial charge is 0.227 e. The quantitative estimate of drug-likeness (QED) is 0.934. The minimum Gasteiger partial charge on any atom is -0.368 e. The van der Waals surface area contributed by atoms with Crippen molar-refractivity contribution in [2.45, 2.75) is 25.2 Å². The number of piperidine rings is 1. The highest BCUT2D eigenvalue weighted by molar-refractivity contribution is 6.31. The lowest BCUT2D eigenvalue weighted by atomic mass is 9.93. The molecule has 0 unspecified atom stereocenters. The van der Waals surface area contributed by atoms with Crippen LogP contribution in [0.2, 0.25) is 5.02 Å². The summed E-state index contributed by atoms with van der Waals surface area (Å²) in [6.45, 7) is 1.20. The molecule has 7 heteroatoms. The maximum atomic E-state index is 13.8. The molecule has 3 rings (SSSR count). The highest BCUT2D eigenvalue weighted by Gasteiger charge is 2.26. The largest absolute Gasteiger partial charge is 0.368 e. The topological polar surface area (TPSA) is 72.4 Å². The van der Waals surface area contributed by atoms with Crippen LogP contribution in [0.15, 0.2) is 28.8 Å². The normalized spacial score (nSPS) is 15.8. The number of benzene rings is 1. The van der Waals surface area contributed by atoms with Gasteiger partial charge in [0.1, 0.15) is 5.82 Å². The first-order valence-electron chi connectivity index (χ1n) is 7.47. The van der Waals surface area contributed by atoms with E-state index < -0.39 is 5.82 Å². The van der Waals surface area contributed by atoms with Gasteiger partial charge in [-0.3, -0.25) is 4.79 Å². The fourth-order valence-corrected chi connectivity index (χ4v) is 3.11. The van der Waals surface area contributed by atoms with Crippen molar-refractivity contribution in [1.29, 1.82) is 0 Å². The van der Waals surface area contributed by atoms with Gasteiger partial charge in [-0.05, 0) is 25.0 Å². The summed E-state index contributed by atoms with van der Waals surface area (Å²) in [5.74, 6) is -0.0289. The highest BCUT2D eigenvalue weighted by Crippen LogP contribution is 2.29. The van der Waals surface area contributed by atoms with Crippen molar-refractivity contribution in [2.24, 2.45) is 0 Å². The number of rotatable bonds is 3. The molecule has 1 aromatic heterocycles. The summed E-state index contributed by atoms with van der Waals surface area (Å²) in [5.41, 5.74) is 6.61. The Morgan fingerprint density at radius 1 is 1.43 bits per heavy atom. The Kier molecular flexibility index (Phi) is 4.52. The second kappa shape index (κ2) is 6.58. The second-order valence-corrected chi connectivity index (χ2v) is 6.09. The number of anilines is 1. The molecule has 0 spiro atoms. The van der Waals surface area contributed by atoms with Crippen molar-refractivity contribution >= 4 is 23.4 Å². The molecule has 0 aliphatic carbocycles. The first-order valence-corrected chi connectivity index (χ1v) is 7.85. The molecule has 2 N–H and O–H groups in total. The maximum absolute atomic E-state index is 13.8. The van der Waals surface area contributed by atoms with Crippen molar-refractivity contribution in [2.75, 3.05) is 18.8 Å². The van der Waals surface area contributed by atoms with Crippen molar-refractivity contribution < 1.29 is 13.7 Å². The number of likely N-dealkylation sites (tertiary alicyclic amines) is 1. The summed E-state index contributed by atoms with van der Waals surface area (Å²) in [5, 5.41) is 4.21. The molecule has 23 heavy (non-hydrogen) atoms. The first-order chi connectivity index (χ1) is 11.0. The highest BCUT2D eigenvalue weighted by atomic mass is 35.5. The van der Waals surface area contributed by atoms with Crippen LogP contribution in [0.4, 0.5) is 10.3 Å². The van der Waals surface area contributed by atoms with Crippen molar-refractivity contribution in [3.8, 4) is 0 Å². The van der Waals surface area contributed by atoms with Gasteiger partial charge in [0.25, 0.3) is 0 Å². The van der Waals surface area contributed by atoms with Crippen molar-refractivity contribution in [3.05, 3.63) is 46.4 Å². The third kappa shape index (κ3) is 3.47. The van der Waals surface area contributed by atoms with Crippen LogP contribution >= 0.6 is 11.6 Å². The van der Waals surface area contributed by atoms with Crippen LogP contribution in [-0.2, 0) is 11.2 Å². The molecule has 1 aromatic carbocycles. The zero-order valence-corrected chi connectivity index (χ0v) is 13.2. The third-order valence-corrected chi connectivity index (χ3v) is 4.56. The molecule has 2 aromatic rings. The molecular formula is C16H17ClFN3O2. The number of nitrogens with two attached hydrogens (primary N) is 1. The van der Waals surface area contributed by atoms with Gasteiger partial charge < -0.3 is 15.2 Å². The monoisotopic (exact) mass is 337 g/mol. The fourth-order valence-electron chi connectivity index (χ4n) is 2.89. The van der Waals surface area contributed by atoms with E-state index in [0.29, 0.717) is 19.0 Å². The van der Waals surface area contributed by atoms with Gasteiger partial charge in [0.15, 0.2) is 0 Å². The molecule has 1 fully saturated rings. The molecule has 0 bridgehead atoms. The number of nitrogen functional groups attached to an aromatic ring is 1. The van der Waals surface area contributed by atoms with E-state index in [1.807, 2.05) is 0 Å². The van der Waals surface area contributed by atoms with Crippen molar-refractivity contribution in [3.63, 3.8) is 0 Å². The predicted octanol–water partition coefficient (Wildman–Crippen LogP) is 3.00. The molecule has 122 valence electrons. The van der Waals surface area contributed by atoms with E-state index in [2.05, 4.69) is 5.16 Å². The number of carbonyl (C=O) groups excluding carboxylic acids is 1. The molecule has 0 saturated carbocycles. The number of nitrogens with zero attached hydrogens (tertiary/aromatic N) is 2. The van der Waals surface area contributed by atoms with Crippen LogP contribution in [0, 0.1) is 5.82 Å². The van der Waals surface area contributed by atoms with Gasteiger partial charge in [-0.25, -0.2) is 4.39 Å². The Morgan fingerprint density at radius 3 is 2.78 bits per heavy atom. The van der Waals surface area contributed by atoms with Crippen LogP contribution in [0.25, 0.3) is 0 Å². The zero-order chi connectivity index (χ0) is 16.4. The lowest BCUT2D eigenvalue weighted by Crippen LogP contribution is -2.39. The number of aromatic nitrogens is 1. The first kappa shape index (κ1) is 15.8. The number of halogens is 2. The standard InChI is InChI=1S/C16H17ClFN3O2/c17-12-2-1-3-13(18)11(12)8-16(22)21-6-4-10(5-7-21)14-9-15(19)23-20-14/h1-3,9-10H,4-8,19H2. The van der Waals surface area contributed by atoms with E-state index in [1.165, 1.54) is 12.1 Å². The lowest BCUT2D eigenvalue weighted by molar-refractivity contribution is -0.131. The van der Waals surface area contributed by atoms with Crippen LogP contribution in [0.1, 0.15) is 30.0 Å². The predicted molar refractivity (Wildman–Crippen MR) is 84.6 cm³/mol. The molecule has 1 amide bonds. The van der Waals surface area contributed by atoms with Gasteiger partial charge in [-0.15, -0.1) is 0 Å². The van der Waals surface area contributed by atoms with E-state index in [1.54, 1.807) is 17.0 Å². The number of hydrogen-bond acceptors (Lipinski definition) is 4. The summed E-state index contributed by atoms with van der Waals surface area (Å²) in [7, 11) is 0. The zero-order valence-electron chi connectivity index (χ0n) is 12.5. The van der Waals surface area contributed by atoms with Crippen LogP contribution < -0.4 is 5.73 Å². The Balaban J connectivity index is 1.60. The van der Waals surface area contributed by atoms with Gasteiger partial charge in [-0.2, -0.15) is 0 Å². The average molecular weight is 338 g/mol. The second-order valence-electron chi connectivity index (χ2n) is 5.69. The Bertz CT molecular complexity index is 691.